The summed E-state index contributed by atoms with van der Waals surface area (Å²) in [5.74, 6) is -1.56. The van der Waals surface area contributed by atoms with E-state index in [1.807, 2.05) is 6.92 Å². The van der Waals surface area contributed by atoms with Gasteiger partial charge in [-0.1, -0.05) is 11.4 Å². The van der Waals surface area contributed by atoms with Crippen molar-refractivity contribution in [3.05, 3.63) is 33.1 Å². The van der Waals surface area contributed by atoms with E-state index in [-0.39, 0.29) is 12.3 Å². The standard InChI is InChI=1S/C17H21N3O5S/c1-6-11-15(26-20-19-11)17(23)25-10(5)14(21)13-8(3)12(9(4)18-13)16(22)24-7-2/h10,18H,6-7H2,1-5H3/t10-/m1/s1. The van der Waals surface area contributed by atoms with Crippen LogP contribution in [0.25, 0.3) is 0 Å². The van der Waals surface area contributed by atoms with Crippen molar-refractivity contribution >= 4 is 29.3 Å². The van der Waals surface area contributed by atoms with Crippen molar-refractivity contribution in [3.63, 3.8) is 0 Å². The first-order chi connectivity index (χ1) is 12.3. The molecule has 2 rings (SSSR count). The van der Waals surface area contributed by atoms with Crippen LogP contribution in [0.4, 0.5) is 0 Å². The molecule has 0 bridgehead atoms. The van der Waals surface area contributed by atoms with Gasteiger partial charge in [0, 0.05) is 5.69 Å². The molecule has 0 radical (unpaired) electrons. The lowest BCUT2D eigenvalue weighted by atomic mass is 10.1. The first-order valence-electron chi connectivity index (χ1n) is 8.24. The molecule has 26 heavy (non-hydrogen) atoms. The molecule has 9 heteroatoms. The number of H-pyrrole nitrogens is 1. The van der Waals surface area contributed by atoms with Gasteiger partial charge >= 0.3 is 11.9 Å². The zero-order valence-corrected chi connectivity index (χ0v) is 16.2. The van der Waals surface area contributed by atoms with Crippen LogP contribution in [-0.2, 0) is 15.9 Å². The van der Waals surface area contributed by atoms with Crippen molar-refractivity contribution in [2.75, 3.05) is 6.61 Å². The lowest BCUT2D eigenvalue weighted by Crippen LogP contribution is -2.25. The van der Waals surface area contributed by atoms with Crippen LogP contribution in [0.3, 0.4) is 0 Å². The zero-order chi connectivity index (χ0) is 19.4. The molecule has 0 aromatic carbocycles. The summed E-state index contributed by atoms with van der Waals surface area (Å²) >= 11 is 0.935. The molecule has 140 valence electrons. The van der Waals surface area contributed by atoms with E-state index in [1.165, 1.54) is 6.92 Å². The van der Waals surface area contributed by atoms with Crippen LogP contribution < -0.4 is 0 Å². The second-order valence-corrected chi connectivity index (χ2v) is 6.41. The van der Waals surface area contributed by atoms with Crippen LogP contribution >= 0.6 is 11.5 Å². The summed E-state index contributed by atoms with van der Waals surface area (Å²) < 4.78 is 14.0. The molecule has 2 aromatic heterocycles. The van der Waals surface area contributed by atoms with E-state index >= 15 is 0 Å². The second-order valence-electron chi connectivity index (χ2n) is 5.66. The van der Waals surface area contributed by atoms with Crippen molar-refractivity contribution in [3.8, 4) is 0 Å². The number of carbonyl (C=O) groups excluding carboxylic acids is 3. The maximum Gasteiger partial charge on any atom is 0.352 e. The van der Waals surface area contributed by atoms with E-state index in [4.69, 9.17) is 9.47 Å². The SMILES string of the molecule is CCOC(=O)c1c(C)[nH]c(C(=O)[C@@H](C)OC(=O)c2snnc2CC)c1C. The van der Waals surface area contributed by atoms with Gasteiger partial charge in [0.15, 0.2) is 11.0 Å². The van der Waals surface area contributed by atoms with Gasteiger partial charge in [0.2, 0.25) is 5.78 Å². The number of carbonyl (C=O) groups is 3. The Kier molecular flexibility index (Phi) is 6.25. The van der Waals surface area contributed by atoms with E-state index in [0.717, 1.165) is 11.5 Å². The number of rotatable bonds is 7. The Morgan fingerprint density at radius 3 is 2.50 bits per heavy atom. The largest absolute Gasteiger partial charge is 0.462 e. The van der Waals surface area contributed by atoms with E-state index in [2.05, 4.69) is 14.6 Å². The lowest BCUT2D eigenvalue weighted by Gasteiger charge is -2.11. The maximum absolute atomic E-state index is 12.7. The van der Waals surface area contributed by atoms with Crippen LogP contribution in [0.1, 0.15) is 68.2 Å². The molecule has 0 spiro atoms. The quantitative estimate of drug-likeness (QED) is 0.581. The Labute approximate surface area is 155 Å². The van der Waals surface area contributed by atoms with E-state index in [0.29, 0.717) is 33.8 Å². The fourth-order valence-electron chi connectivity index (χ4n) is 2.57. The summed E-state index contributed by atoms with van der Waals surface area (Å²) in [7, 11) is 0. The number of ketones is 1. The number of nitrogens with zero attached hydrogens (tertiary/aromatic N) is 2. The number of nitrogens with one attached hydrogen (secondary N) is 1. The molecule has 1 N–H and O–H groups in total. The summed E-state index contributed by atoms with van der Waals surface area (Å²) in [5, 5.41) is 3.86. The molecular weight excluding hydrogens is 358 g/mol. The van der Waals surface area contributed by atoms with Gasteiger partial charge in [-0.15, -0.1) is 5.10 Å². The fraction of sp³-hybridized carbons (Fsp3) is 0.471. The Hall–Kier alpha value is -2.55. The molecular formula is C17H21N3O5S. The molecule has 0 aliphatic carbocycles. The van der Waals surface area contributed by atoms with Crippen molar-refractivity contribution in [1.29, 1.82) is 0 Å². The third kappa shape index (κ3) is 3.82. The van der Waals surface area contributed by atoms with Gasteiger partial charge in [0.05, 0.1) is 23.6 Å². The molecule has 8 nitrogen and oxygen atoms in total. The molecule has 1 atom stereocenters. The number of Topliss-reactive ketones (excluding diaryl/α,β-unsaturated/α-hetero) is 1. The summed E-state index contributed by atoms with van der Waals surface area (Å²) in [6, 6.07) is 0. The van der Waals surface area contributed by atoms with Gasteiger partial charge in [-0.25, -0.2) is 9.59 Å². The monoisotopic (exact) mass is 379 g/mol. The van der Waals surface area contributed by atoms with Crippen molar-refractivity contribution in [2.45, 2.75) is 47.1 Å². The molecule has 0 aliphatic heterocycles. The number of esters is 2. The Morgan fingerprint density at radius 1 is 1.19 bits per heavy atom. The highest BCUT2D eigenvalue weighted by atomic mass is 32.1. The number of hydrogen-bond acceptors (Lipinski definition) is 8. The van der Waals surface area contributed by atoms with Crippen molar-refractivity contribution in [1.82, 2.24) is 14.6 Å². The molecule has 0 unspecified atom stereocenters. The molecule has 0 saturated heterocycles. The number of aromatic amines is 1. The third-order valence-electron chi connectivity index (χ3n) is 3.89. The summed E-state index contributed by atoms with van der Waals surface area (Å²) in [5.41, 5.74) is 2.10. The van der Waals surface area contributed by atoms with Gasteiger partial charge in [-0.05, 0) is 51.2 Å². The molecule has 0 amide bonds. The van der Waals surface area contributed by atoms with Gasteiger partial charge in [-0.3, -0.25) is 4.79 Å². The maximum atomic E-state index is 12.7. The summed E-state index contributed by atoms with van der Waals surface area (Å²) in [6.45, 7) is 8.62. The van der Waals surface area contributed by atoms with Crippen LogP contribution in [0.5, 0.6) is 0 Å². The predicted molar refractivity (Wildman–Crippen MR) is 94.7 cm³/mol. The average Bonchev–Trinajstić information content (AvgIpc) is 3.18. The van der Waals surface area contributed by atoms with Gasteiger partial charge in [-0.2, -0.15) is 0 Å². The topological polar surface area (TPSA) is 111 Å². The van der Waals surface area contributed by atoms with Gasteiger partial charge in [0.1, 0.15) is 0 Å². The fourth-order valence-corrected chi connectivity index (χ4v) is 3.21. The highest BCUT2D eigenvalue weighted by Crippen LogP contribution is 2.22. The van der Waals surface area contributed by atoms with E-state index in [1.54, 1.807) is 20.8 Å². The Bertz CT molecular complexity index is 840. The minimum Gasteiger partial charge on any atom is -0.462 e. The molecule has 0 saturated carbocycles. The van der Waals surface area contributed by atoms with Gasteiger partial charge < -0.3 is 14.5 Å². The molecule has 2 heterocycles. The first kappa shape index (κ1) is 19.8. The third-order valence-corrected chi connectivity index (χ3v) is 4.64. The lowest BCUT2D eigenvalue weighted by molar-refractivity contribution is 0.0320. The van der Waals surface area contributed by atoms with Crippen LogP contribution in [0, 0.1) is 13.8 Å². The Morgan fingerprint density at radius 2 is 1.88 bits per heavy atom. The minimum absolute atomic E-state index is 0.226. The zero-order valence-electron chi connectivity index (χ0n) is 15.3. The van der Waals surface area contributed by atoms with Gasteiger partial charge in [0.25, 0.3) is 0 Å². The number of hydrogen-bond donors (Lipinski definition) is 1. The number of aryl methyl sites for hydroxylation is 2. The Balaban J connectivity index is 2.19. The van der Waals surface area contributed by atoms with E-state index in [9.17, 15) is 14.4 Å². The van der Waals surface area contributed by atoms with E-state index < -0.39 is 23.8 Å². The summed E-state index contributed by atoms with van der Waals surface area (Å²) in [4.78, 5) is 40.2. The van der Waals surface area contributed by atoms with Crippen molar-refractivity contribution in [2.24, 2.45) is 0 Å². The van der Waals surface area contributed by atoms with Crippen LogP contribution in [0.15, 0.2) is 0 Å². The van der Waals surface area contributed by atoms with Crippen LogP contribution in [0.2, 0.25) is 0 Å². The molecule has 0 aliphatic rings. The second kappa shape index (κ2) is 8.22. The molecule has 2 aromatic rings. The normalized spacial score (nSPS) is 11.9. The highest BCUT2D eigenvalue weighted by molar-refractivity contribution is 7.07. The van der Waals surface area contributed by atoms with Crippen LogP contribution in [-0.4, -0.2) is 45.0 Å². The number of aromatic nitrogens is 3. The summed E-state index contributed by atoms with van der Waals surface area (Å²) in [6.07, 6.45) is -0.484. The molecule has 0 fully saturated rings. The first-order valence-corrected chi connectivity index (χ1v) is 9.01. The van der Waals surface area contributed by atoms with Crippen molar-refractivity contribution < 1.29 is 23.9 Å². The predicted octanol–water partition coefficient (Wildman–Crippen LogP) is 2.65. The average molecular weight is 379 g/mol. The smallest absolute Gasteiger partial charge is 0.352 e. The minimum atomic E-state index is -1.03. The highest BCUT2D eigenvalue weighted by Gasteiger charge is 2.28. The number of ether oxygens (including phenoxy) is 2.